The molecule has 9 nitrogen and oxygen atoms in total. The molecule has 2 heterocycles. The van der Waals surface area contributed by atoms with E-state index in [4.69, 9.17) is 4.74 Å². The number of ether oxygens (including phenoxy) is 1. The maximum absolute atomic E-state index is 13.0. The Bertz CT molecular complexity index is 1240. The quantitative estimate of drug-likeness (QED) is 0.684. The number of amides is 1. The molecule has 11 heteroatoms. The monoisotopic (exact) mass is 493 g/mol. The molecule has 2 aliphatic heterocycles. The summed E-state index contributed by atoms with van der Waals surface area (Å²) in [6.45, 7) is 4.64. The first kappa shape index (κ1) is 23.7. The maximum Gasteiger partial charge on any atom is 0.255 e. The number of nitrogens with one attached hydrogen (secondary N) is 1. The first-order valence-electron chi connectivity index (χ1n) is 10.7. The largest absolute Gasteiger partial charge is 0.373 e. The van der Waals surface area contributed by atoms with Crippen molar-refractivity contribution in [3.05, 3.63) is 54.1 Å². The van der Waals surface area contributed by atoms with Gasteiger partial charge in [-0.3, -0.25) is 9.10 Å². The number of sulfonamides is 2. The summed E-state index contributed by atoms with van der Waals surface area (Å²) in [6.07, 6.45) is 0.179. The Labute approximate surface area is 194 Å². The molecule has 1 amide bonds. The second-order valence-corrected chi connectivity index (χ2v) is 12.3. The minimum absolute atomic E-state index is 0.0982. The van der Waals surface area contributed by atoms with Crippen molar-refractivity contribution in [3.8, 4) is 0 Å². The van der Waals surface area contributed by atoms with Crippen molar-refractivity contribution >= 4 is 37.3 Å². The Hall–Kier alpha value is -2.47. The Morgan fingerprint density at radius 1 is 1.06 bits per heavy atom. The predicted molar refractivity (Wildman–Crippen MR) is 125 cm³/mol. The van der Waals surface area contributed by atoms with Crippen LogP contribution in [0.4, 0.5) is 11.4 Å². The van der Waals surface area contributed by atoms with Gasteiger partial charge in [0.25, 0.3) is 5.91 Å². The molecule has 4 rings (SSSR count). The molecule has 2 fully saturated rings. The van der Waals surface area contributed by atoms with Crippen LogP contribution in [0.15, 0.2) is 53.4 Å². The van der Waals surface area contributed by atoms with E-state index in [1.165, 1.54) is 38.9 Å². The van der Waals surface area contributed by atoms with Crippen molar-refractivity contribution in [3.63, 3.8) is 0 Å². The van der Waals surface area contributed by atoms with Crippen LogP contribution >= 0.6 is 0 Å². The zero-order valence-electron chi connectivity index (χ0n) is 18.5. The van der Waals surface area contributed by atoms with Gasteiger partial charge in [0.2, 0.25) is 20.0 Å². The minimum Gasteiger partial charge on any atom is -0.373 e. The van der Waals surface area contributed by atoms with E-state index in [1.807, 2.05) is 13.8 Å². The van der Waals surface area contributed by atoms with Gasteiger partial charge in [0.1, 0.15) is 0 Å². The van der Waals surface area contributed by atoms with Crippen LogP contribution in [0.5, 0.6) is 0 Å². The van der Waals surface area contributed by atoms with Crippen molar-refractivity contribution in [2.75, 3.05) is 35.0 Å². The molecule has 0 saturated carbocycles. The lowest BCUT2D eigenvalue weighted by Gasteiger charge is -2.34. The van der Waals surface area contributed by atoms with E-state index >= 15 is 0 Å². The van der Waals surface area contributed by atoms with E-state index in [1.54, 1.807) is 18.2 Å². The number of morpholine rings is 1. The van der Waals surface area contributed by atoms with Gasteiger partial charge in [-0.1, -0.05) is 6.07 Å². The highest BCUT2D eigenvalue weighted by molar-refractivity contribution is 7.93. The van der Waals surface area contributed by atoms with E-state index in [9.17, 15) is 21.6 Å². The number of hydrogen-bond acceptors (Lipinski definition) is 6. The summed E-state index contributed by atoms with van der Waals surface area (Å²) in [5.74, 6) is -0.319. The normalized spacial score (nSPS) is 23.4. The highest BCUT2D eigenvalue weighted by Gasteiger charge is 2.32. The van der Waals surface area contributed by atoms with Crippen LogP contribution in [0, 0.1) is 0 Å². The lowest BCUT2D eigenvalue weighted by atomic mass is 10.2. The molecule has 2 aliphatic rings. The molecule has 178 valence electrons. The van der Waals surface area contributed by atoms with Crippen LogP contribution in [0.1, 0.15) is 30.6 Å². The Morgan fingerprint density at radius 2 is 1.73 bits per heavy atom. The molecular weight excluding hydrogens is 466 g/mol. The molecule has 0 spiro atoms. The van der Waals surface area contributed by atoms with Crippen molar-refractivity contribution in [1.82, 2.24) is 4.31 Å². The molecule has 2 unspecified atom stereocenters. The first-order chi connectivity index (χ1) is 15.6. The fourth-order valence-electron chi connectivity index (χ4n) is 4.12. The van der Waals surface area contributed by atoms with Crippen LogP contribution < -0.4 is 9.62 Å². The van der Waals surface area contributed by atoms with E-state index in [2.05, 4.69) is 5.32 Å². The van der Waals surface area contributed by atoms with Crippen molar-refractivity contribution in [2.24, 2.45) is 0 Å². The smallest absolute Gasteiger partial charge is 0.255 e. The topological polar surface area (TPSA) is 113 Å². The summed E-state index contributed by atoms with van der Waals surface area (Å²) in [5, 5.41) is 2.73. The van der Waals surface area contributed by atoms with Crippen LogP contribution in [0.2, 0.25) is 0 Å². The summed E-state index contributed by atoms with van der Waals surface area (Å²) >= 11 is 0. The number of rotatable bonds is 5. The molecular formula is C22H27N3O6S2. The number of nitrogens with zero attached hydrogens (tertiary/aromatic N) is 2. The van der Waals surface area contributed by atoms with Gasteiger partial charge in [0.05, 0.1) is 28.5 Å². The third-order valence-electron chi connectivity index (χ3n) is 5.63. The second-order valence-electron chi connectivity index (χ2n) is 8.35. The minimum atomic E-state index is -3.67. The van der Waals surface area contributed by atoms with E-state index in [0.29, 0.717) is 29.9 Å². The lowest BCUT2D eigenvalue weighted by Crippen LogP contribution is -2.48. The average Bonchev–Trinajstić information content (AvgIpc) is 3.12. The highest BCUT2D eigenvalue weighted by atomic mass is 32.2. The zero-order valence-corrected chi connectivity index (χ0v) is 20.1. The number of benzene rings is 2. The molecule has 2 aromatic carbocycles. The van der Waals surface area contributed by atoms with Crippen molar-refractivity contribution < 1.29 is 26.4 Å². The summed E-state index contributed by atoms with van der Waals surface area (Å²) in [7, 11) is -7.02. The molecule has 0 aromatic heterocycles. The van der Waals surface area contributed by atoms with Gasteiger partial charge < -0.3 is 10.1 Å². The van der Waals surface area contributed by atoms with Crippen LogP contribution in [0.25, 0.3) is 0 Å². The van der Waals surface area contributed by atoms with Gasteiger partial charge in [-0.25, -0.2) is 16.8 Å². The maximum atomic E-state index is 13.0. The molecule has 33 heavy (non-hydrogen) atoms. The summed E-state index contributed by atoms with van der Waals surface area (Å²) < 4.78 is 58.6. The van der Waals surface area contributed by atoms with Crippen molar-refractivity contribution in [2.45, 2.75) is 37.4 Å². The van der Waals surface area contributed by atoms with Crippen molar-refractivity contribution in [1.29, 1.82) is 0 Å². The van der Waals surface area contributed by atoms with E-state index < -0.39 is 26.0 Å². The van der Waals surface area contributed by atoms with E-state index in [0.717, 1.165) is 0 Å². The Morgan fingerprint density at radius 3 is 2.33 bits per heavy atom. The Balaban J connectivity index is 1.47. The third-order valence-corrected chi connectivity index (χ3v) is 9.35. The Kier molecular flexibility index (Phi) is 6.50. The summed E-state index contributed by atoms with van der Waals surface area (Å²) in [5.41, 5.74) is 1.19. The number of hydrogen-bond donors (Lipinski definition) is 1. The van der Waals surface area contributed by atoms with Gasteiger partial charge in [0, 0.05) is 30.9 Å². The third kappa shape index (κ3) is 5.06. The van der Waals surface area contributed by atoms with Crippen LogP contribution in [-0.4, -0.2) is 64.6 Å². The zero-order chi connectivity index (χ0) is 23.8. The number of anilines is 2. The standard InChI is InChI=1S/C22H27N3O6S2/c1-16-14-24(15-17(2)31-16)33(29,30)21-9-7-19(8-10-21)23-22(26)18-5-3-6-20(13-18)25-11-4-12-32(25,27)28/h3,5-10,13,16-17H,4,11-12,14-15H2,1-2H3,(H,23,26). The molecule has 1 N–H and O–H groups in total. The van der Waals surface area contributed by atoms with Crippen LogP contribution in [0.3, 0.4) is 0 Å². The van der Waals surface area contributed by atoms with Gasteiger partial charge in [-0.05, 0) is 62.7 Å². The highest BCUT2D eigenvalue weighted by Crippen LogP contribution is 2.26. The number of carbonyl (C=O) groups is 1. The fraction of sp³-hybridized carbons (Fsp3) is 0.409. The molecule has 2 atom stereocenters. The summed E-state index contributed by atoms with van der Waals surface area (Å²) in [6, 6.07) is 12.4. The predicted octanol–water partition coefficient (Wildman–Crippen LogP) is 2.28. The lowest BCUT2D eigenvalue weighted by molar-refractivity contribution is -0.0440. The second kappa shape index (κ2) is 9.05. The molecule has 0 bridgehead atoms. The van der Waals surface area contributed by atoms with Gasteiger partial charge in [0.15, 0.2) is 0 Å². The van der Waals surface area contributed by atoms with E-state index in [-0.39, 0.29) is 35.9 Å². The van der Waals surface area contributed by atoms with Gasteiger partial charge in [-0.2, -0.15) is 4.31 Å². The van der Waals surface area contributed by atoms with Crippen LogP contribution in [-0.2, 0) is 24.8 Å². The SMILES string of the molecule is CC1CN(S(=O)(=O)c2ccc(NC(=O)c3cccc(N4CCCS4(=O)=O)c3)cc2)CC(C)O1. The molecule has 2 saturated heterocycles. The molecule has 0 radical (unpaired) electrons. The summed E-state index contributed by atoms with van der Waals surface area (Å²) in [4.78, 5) is 12.9. The number of carbonyl (C=O) groups excluding carboxylic acids is 1. The average molecular weight is 494 g/mol. The molecule has 0 aliphatic carbocycles. The fourth-order valence-corrected chi connectivity index (χ4v) is 7.27. The van der Waals surface area contributed by atoms with Gasteiger partial charge in [-0.15, -0.1) is 0 Å². The first-order valence-corrected chi connectivity index (χ1v) is 13.8. The van der Waals surface area contributed by atoms with Gasteiger partial charge >= 0.3 is 0 Å². The molecule has 2 aromatic rings.